The van der Waals surface area contributed by atoms with Gasteiger partial charge in [0.2, 0.25) is 0 Å². The SMILES string of the molecule is [CH2]CCCOOC(=O)c1cccc(OC)c1OC. The quantitative estimate of drug-likeness (QED) is 0.424. The fourth-order valence-electron chi connectivity index (χ4n) is 1.35. The molecule has 5 heteroatoms. The van der Waals surface area contributed by atoms with E-state index in [1.54, 1.807) is 18.2 Å². The molecule has 99 valence electrons. The highest BCUT2D eigenvalue weighted by Crippen LogP contribution is 2.31. The van der Waals surface area contributed by atoms with Crippen LogP contribution in [-0.2, 0) is 9.78 Å². The van der Waals surface area contributed by atoms with E-state index in [1.165, 1.54) is 14.2 Å². The topological polar surface area (TPSA) is 54.0 Å². The number of carbonyl (C=O) groups is 1. The summed E-state index contributed by atoms with van der Waals surface area (Å²) in [6, 6.07) is 4.95. The first-order valence-corrected chi connectivity index (χ1v) is 5.58. The van der Waals surface area contributed by atoms with Crippen molar-refractivity contribution < 1.29 is 24.0 Å². The Bertz CT molecular complexity index is 389. The lowest BCUT2D eigenvalue weighted by molar-refractivity contribution is -0.241. The van der Waals surface area contributed by atoms with Crippen molar-refractivity contribution >= 4 is 5.97 Å². The summed E-state index contributed by atoms with van der Waals surface area (Å²) in [5.74, 6) is 0.172. The van der Waals surface area contributed by atoms with Crippen LogP contribution < -0.4 is 9.47 Å². The van der Waals surface area contributed by atoms with E-state index >= 15 is 0 Å². The normalized spacial score (nSPS) is 9.94. The molecule has 0 N–H and O–H groups in total. The molecule has 0 unspecified atom stereocenters. The number of benzene rings is 1. The minimum Gasteiger partial charge on any atom is -0.493 e. The van der Waals surface area contributed by atoms with Crippen LogP contribution in [-0.4, -0.2) is 26.8 Å². The lowest BCUT2D eigenvalue weighted by Gasteiger charge is -2.11. The summed E-state index contributed by atoms with van der Waals surface area (Å²) in [6.45, 7) is 3.97. The van der Waals surface area contributed by atoms with Crippen molar-refractivity contribution in [2.45, 2.75) is 12.8 Å². The second-order valence-corrected chi connectivity index (χ2v) is 3.44. The van der Waals surface area contributed by atoms with Gasteiger partial charge in [0.05, 0.1) is 20.8 Å². The zero-order valence-corrected chi connectivity index (χ0v) is 10.6. The maximum Gasteiger partial charge on any atom is 0.376 e. The number of unbranched alkanes of at least 4 members (excludes halogenated alkanes) is 1. The van der Waals surface area contributed by atoms with Crippen LogP contribution in [0.15, 0.2) is 18.2 Å². The van der Waals surface area contributed by atoms with Gasteiger partial charge in [-0.05, 0) is 18.6 Å². The zero-order valence-electron chi connectivity index (χ0n) is 10.6. The van der Waals surface area contributed by atoms with Gasteiger partial charge in [-0.2, -0.15) is 4.89 Å². The number of carbonyl (C=O) groups excluding carboxylic acids is 1. The van der Waals surface area contributed by atoms with Crippen molar-refractivity contribution in [3.05, 3.63) is 30.7 Å². The summed E-state index contributed by atoms with van der Waals surface area (Å²) in [4.78, 5) is 21.2. The fourth-order valence-corrected chi connectivity index (χ4v) is 1.35. The maximum atomic E-state index is 11.8. The molecule has 5 nitrogen and oxygen atoms in total. The molecule has 0 saturated heterocycles. The second-order valence-electron chi connectivity index (χ2n) is 3.44. The largest absolute Gasteiger partial charge is 0.493 e. The standard InChI is InChI=1S/C13H17O5/c1-4-5-9-17-18-13(14)10-7-6-8-11(15-2)12(10)16-3/h6-8H,1,4-5,9H2,2-3H3. The van der Waals surface area contributed by atoms with Crippen LogP contribution in [0.25, 0.3) is 0 Å². The van der Waals surface area contributed by atoms with Gasteiger partial charge in [-0.25, -0.2) is 4.79 Å². The van der Waals surface area contributed by atoms with Crippen molar-refractivity contribution in [3.8, 4) is 11.5 Å². The average molecular weight is 253 g/mol. The first-order chi connectivity index (χ1) is 8.74. The van der Waals surface area contributed by atoms with Gasteiger partial charge in [-0.1, -0.05) is 19.4 Å². The zero-order chi connectivity index (χ0) is 13.4. The number of rotatable bonds is 7. The second kappa shape index (κ2) is 7.55. The van der Waals surface area contributed by atoms with Gasteiger partial charge < -0.3 is 9.47 Å². The summed E-state index contributed by atoms with van der Waals surface area (Å²) >= 11 is 0. The Kier molecular flexibility index (Phi) is 6.00. The summed E-state index contributed by atoms with van der Waals surface area (Å²) in [6.07, 6.45) is 1.45. The van der Waals surface area contributed by atoms with Gasteiger partial charge in [0.15, 0.2) is 11.5 Å². The van der Waals surface area contributed by atoms with E-state index in [0.717, 1.165) is 12.8 Å². The third-order valence-corrected chi connectivity index (χ3v) is 2.24. The Balaban J connectivity index is 2.72. The molecule has 1 aromatic rings. The van der Waals surface area contributed by atoms with E-state index in [-0.39, 0.29) is 5.56 Å². The minimum absolute atomic E-state index is 0.256. The van der Waals surface area contributed by atoms with E-state index in [1.807, 2.05) is 0 Å². The summed E-state index contributed by atoms with van der Waals surface area (Å²) in [5.41, 5.74) is 0.256. The Morgan fingerprint density at radius 3 is 2.67 bits per heavy atom. The van der Waals surface area contributed by atoms with E-state index in [9.17, 15) is 4.79 Å². The molecule has 0 bridgehead atoms. The summed E-state index contributed by atoms with van der Waals surface area (Å²) in [5, 5.41) is 0. The smallest absolute Gasteiger partial charge is 0.376 e. The fraction of sp³-hybridized carbons (Fsp3) is 0.385. The van der Waals surface area contributed by atoms with Crippen molar-refractivity contribution in [2.75, 3.05) is 20.8 Å². The van der Waals surface area contributed by atoms with Crippen LogP contribution >= 0.6 is 0 Å². The number of methoxy groups -OCH3 is 2. The van der Waals surface area contributed by atoms with Gasteiger partial charge in [0.25, 0.3) is 0 Å². The minimum atomic E-state index is -0.616. The van der Waals surface area contributed by atoms with Crippen LogP contribution in [0.3, 0.4) is 0 Å². The predicted molar refractivity (Wildman–Crippen MR) is 65.5 cm³/mol. The molecule has 1 radical (unpaired) electrons. The Labute approximate surface area is 107 Å². The lowest BCUT2D eigenvalue weighted by Crippen LogP contribution is -2.09. The van der Waals surface area contributed by atoms with Crippen molar-refractivity contribution in [3.63, 3.8) is 0 Å². The molecular weight excluding hydrogens is 236 g/mol. The molecule has 1 aromatic carbocycles. The van der Waals surface area contributed by atoms with E-state index in [0.29, 0.717) is 18.1 Å². The molecule has 0 amide bonds. The first-order valence-electron chi connectivity index (χ1n) is 5.58. The van der Waals surface area contributed by atoms with Crippen molar-refractivity contribution in [1.29, 1.82) is 0 Å². The van der Waals surface area contributed by atoms with Crippen LogP contribution in [0, 0.1) is 6.92 Å². The Hall–Kier alpha value is -1.75. The number of para-hydroxylation sites is 1. The molecule has 18 heavy (non-hydrogen) atoms. The lowest BCUT2D eigenvalue weighted by atomic mass is 10.2. The number of ether oxygens (including phenoxy) is 2. The van der Waals surface area contributed by atoms with E-state index in [4.69, 9.17) is 14.4 Å². The first kappa shape index (κ1) is 14.3. The van der Waals surface area contributed by atoms with Gasteiger partial charge in [-0.3, -0.25) is 4.89 Å². The van der Waals surface area contributed by atoms with Gasteiger partial charge in [0, 0.05) is 0 Å². The van der Waals surface area contributed by atoms with Crippen molar-refractivity contribution in [2.24, 2.45) is 0 Å². The predicted octanol–water partition coefficient (Wildman–Crippen LogP) is 2.41. The van der Waals surface area contributed by atoms with E-state index < -0.39 is 5.97 Å². The van der Waals surface area contributed by atoms with E-state index in [2.05, 4.69) is 11.8 Å². The Morgan fingerprint density at radius 2 is 2.06 bits per heavy atom. The molecule has 1 rings (SSSR count). The summed E-state index contributed by atoms with van der Waals surface area (Å²) < 4.78 is 10.2. The van der Waals surface area contributed by atoms with Gasteiger partial charge in [0.1, 0.15) is 5.56 Å². The molecular formula is C13H17O5. The Morgan fingerprint density at radius 1 is 1.28 bits per heavy atom. The molecule has 0 atom stereocenters. The molecule has 0 heterocycles. The highest BCUT2D eigenvalue weighted by atomic mass is 17.2. The van der Waals surface area contributed by atoms with Crippen molar-refractivity contribution in [1.82, 2.24) is 0 Å². The van der Waals surface area contributed by atoms with Crippen LogP contribution in [0.4, 0.5) is 0 Å². The van der Waals surface area contributed by atoms with Crippen LogP contribution in [0.1, 0.15) is 23.2 Å². The number of hydrogen-bond acceptors (Lipinski definition) is 5. The monoisotopic (exact) mass is 253 g/mol. The van der Waals surface area contributed by atoms with Crippen LogP contribution in [0.2, 0.25) is 0 Å². The molecule has 0 aliphatic rings. The maximum absolute atomic E-state index is 11.8. The average Bonchev–Trinajstić information content (AvgIpc) is 2.42. The summed E-state index contributed by atoms with van der Waals surface area (Å²) in [7, 11) is 2.95. The number of hydrogen-bond donors (Lipinski definition) is 0. The molecule has 0 fully saturated rings. The highest BCUT2D eigenvalue weighted by molar-refractivity contribution is 5.93. The molecule has 0 spiro atoms. The van der Waals surface area contributed by atoms with Gasteiger partial charge in [-0.15, -0.1) is 0 Å². The molecule has 0 aliphatic carbocycles. The van der Waals surface area contributed by atoms with Crippen LogP contribution in [0.5, 0.6) is 11.5 Å². The highest BCUT2D eigenvalue weighted by Gasteiger charge is 2.18. The van der Waals surface area contributed by atoms with Gasteiger partial charge >= 0.3 is 5.97 Å². The third-order valence-electron chi connectivity index (χ3n) is 2.24. The molecule has 0 aliphatic heterocycles. The molecule has 0 saturated carbocycles. The third kappa shape index (κ3) is 3.63. The molecule has 0 aromatic heterocycles.